The van der Waals surface area contributed by atoms with Crippen LogP contribution >= 0.6 is 30.3 Å². The molecule has 3 saturated heterocycles. The van der Waals surface area contributed by atoms with Gasteiger partial charge in [-0.05, 0) is 84.2 Å². The highest BCUT2D eigenvalue weighted by Crippen LogP contribution is 2.59. The first-order valence-electron chi connectivity index (χ1n) is 28.8. The van der Waals surface area contributed by atoms with Crippen molar-refractivity contribution >= 4 is 81.7 Å². The summed E-state index contributed by atoms with van der Waals surface area (Å²) in [5.41, 5.74) is -1.51. The van der Waals surface area contributed by atoms with Crippen molar-refractivity contribution in [2.75, 3.05) is 39.3 Å². The molecule has 86 heavy (non-hydrogen) atoms. The summed E-state index contributed by atoms with van der Waals surface area (Å²) in [4.78, 5) is 127. The van der Waals surface area contributed by atoms with Gasteiger partial charge in [0.2, 0.25) is 35.4 Å². The smallest absolute Gasteiger partial charge is 0.391 e. The van der Waals surface area contributed by atoms with Crippen molar-refractivity contribution in [3.8, 4) is 10.4 Å². The first kappa shape index (κ1) is 65.4. The van der Waals surface area contributed by atoms with E-state index < -0.39 is 114 Å². The van der Waals surface area contributed by atoms with Crippen LogP contribution in [0.2, 0.25) is 0 Å². The lowest BCUT2D eigenvalue weighted by atomic mass is 9.85. The summed E-state index contributed by atoms with van der Waals surface area (Å²) in [6.07, 6.45) is -0.0355. The van der Waals surface area contributed by atoms with E-state index in [1.54, 1.807) is 63.3 Å². The lowest BCUT2D eigenvalue weighted by molar-refractivity contribution is -0.147. The minimum Gasteiger partial charge on any atom is -0.391 e. The zero-order valence-electron chi connectivity index (χ0n) is 49.5. The Morgan fingerprint density at radius 2 is 1.48 bits per heavy atom. The van der Waals surface area contributed by atoms with Crippen LogP contribution in [0.3, 0.4) is 0 Å². The zero-order valence-corrected chi connectivity index (χ0v) is 52.0. The van der Waals surface area contributed by atoms with Crippen molar-refractivity contribution < 1.29 is 66.5 Å². The average molecular weight is 1250 g/mol. The largest absolute Gasteiger partial charge is 0.399 e. The van der Waals surface area contributed by atoms with Gasteiger partial charge in [0.05, 0.1) is 39.2 Å². The number of nitrogens with one attached hydrogen (secondary N) is 4. The van der Waals surface area contributed by atoms with E-state index in [4.69, 9.17) is 4.74 Å². The van der Waals surface area contributed by atoms with E-state index >= 15 is 0 Å². The van der Waals surface area contributed by atoms with Crippen LogP contribution in [0, 0.1) is 17.8 Å². The molecule has 25 heteroatoms. The topological polar surface area (TPSA) is 277 Å². The Morgan fingerprint density at radius 3 is 2.12 bits per heavy atom. The normalized spacial score (nSPS) is 20.5. The molecule has 0 radical (unpaired) electrons. The molecule has 0 unspecified atom stereocenters. The van der Waals surface area contributed by atoms with Gasteiger partial charge in [-0.3, -0.25) is 38.1 Å². The second kappa shape index (κ2) is 26.8. The number of carbonyl (C=O) groups is 7. The molecule has 464 valence electrons. The van der Waals surface area contributed by atoms with Crippen LogP contribution in [-0.2, 0) is 43.7 Å². The van der Waals surface area contributed by atoms with Gasteiger partial charge in [-0.1, -0.05) is 102 Å². The molecule has 7 amide bonds. The molecule has 8 atom stereocenters. The van der Waals surface area contributed by atoms with Crippen molar-refractivity contribution in [3.05, 3.63) is 112 Å². The highest BCUT2D eigenvalue weighted by molar-refractivity contribution is 7.52. The van der Waals surface area contributed by atoms with E-state index in [1.165, 1.54) is 21.9 Å². The fourth-order valence-electron chi connectivity index (χ4n) is 11.3. The second-order valence-electron chi connectivity index (χ2n) is 24.8. The van der Waals surface area contributed by atoms with Gasteiger partial charge in [0.15, 0.2) is 0 Å². The molecule has 5 heterocycles. The number of aliphatic hydroxyl groups is 1. The first-order valence-corrected chi connectivity index (χ1v) is 32.1. The Balaban J connectivity index is 0.871. The summed E-state index contributed by atoms with van der Waals surface area (Å²) in [7, 11) is -5.87. The number of aromatic nitrogens is 1. The Morgan fingerprint density at radius 1 is 0.814 bits per heavy atom. The van der Waals surface area contributed by atoms with Crippen LogP contribution in [0.15, 0.2) is 84.4 Å². The number of thiophene rings is 1. The average Bonchev–Trinajstić information content (AvgIpc) is 1.75. The molecule has 5 aromatic rings. The second-order valence-corrected chi connectivity index (χ2v) is 28.4. The maximum Gasteiger partial charge on any atom is 0.399 e. The number of hydrogen-bond donors (Lipinski definition) is 7. The molecule has 3 aliphatic rings. The maximum absolute atomic E-state index is 14.9. The number of aryl methyl sites for hydroxylation is 1. The van der Waals surface area contributed by atoms with E-state index in [2.05, 4.69) is 26.3 Å². The molecule has 2 aromatic heterocycles. The van der Waals surface area contributed by atoms with Gasteiger partial charge in [-0.25, -0.2) is 4.98 Å². The molecule has 8 rings (SSSR count). The van der Waals surface area contributed by atoms with E-state index in [0.717, 1.165) is 57.2 Å². The van der Waals surface area contributed by atoms with Gasteiger partial charge in [-0.15, -0.1) is 22.7 Å². The van der Waals surface area contributed by atoms with Crippen molar-refractivity contribution in [2.24, 2.45) is 10.8 Å². The number of amides is 7. The quantitative estimate of drug-likeness (QED) is 0.0297. The summed E-state index contributed by atoms with van der Waals surface area (Å²) in [5.74, 6) is -3.53. The van der Waals surface area contributed by atoms with Gasteiger partial charge in [0.1, 0.15) is 30.8 Å². The number of alkyl halides is 2. The van der Waals surface area contributed by atoms with E-state index in [0.29, 0.717) is 24.2 Å². The number of piperidine rings is 1. The Kier molecular flexibility index (Phi) is 20.4. The van der Waals surface area contributed by atoms with E-state index in [-0.39, 0.29) is 67.4 Å². The number of fused-ring (bicyclic) bond motifs is 1. The predicted octanol–water partition coefficient (Wildman–Crippen LogP) is 7.36. The fraction of sp³-hybridized carbons (Fsp3) is 0.508. The highest BCUT2D eigenvalue weighted by atomic mass is 32.1. The minimum absolute atomic E-state index is 0.0213. The molecular formula is C61H77F2N8O12PS2. The monoisotopic (exact) mass is 1250 g/mol. The number of benzene rings is 3. The van der Waals surface area contributed by atoms with Crippen molar-refractivity contribution in [2.45, 2.75) is 148 Å². The maximum atomic E-state index is 14.9. The zero-order chi connectivity index (χ0) is 62.6. The van der Waals surface area contributed by atoms with Crippen LogP contribution in [0.1, 0.15) is 131 Å². The van der Waals surface area contributed by atoms with Crippen LogP contribution in [-0.4, -0.2) is 152 Å². The molecule has 0 bridgehead atoms. The number of thiazole rings is 1. The van der Waals surface area contributed by atoms with Crippen LogP contribution < -0.4 is 21.3 Å². The highest BCUT2D eigenvalue weighted by Gasteiger charge is 2.51. The summed E-state index contributed by atoms with van der Waals surface area (Å²) >= 11 is 2.47. The molecule has 20 nitrogen and oxygen atoms in total. The minimum atomic E-state index is -5.87. The third-order valence-corrected chi connectivity index (χ3v) is 19.2. The third kappa shape index (κ3) is 15.4. The van der Waals surface area contributed by atoms with Crippen LogP contribution in [0.25, 0.3) is 20.5 Å². The Labute approximate surface area is 507 Å². The van der Waals surface area contributed by atoms with Gasteiger partial charge in [0, 0.05) is 68.2 Å². The lowest BCUT2D eigenvalue weighted by Crippen LogP contribution is -2.58. The van der Waals surface area contributed by atoms with Crippen molar-refractivity contribution in [3.63, 3.8) is 0 Å². The molecule has 7 N–H and O–H groups in total. The summed E-state index contributed by atoms with van der Waals surface area (Å²) in [5, 5.41) is 22.3. The predicted molar refractivity (Wildman–Crippen MR) is 322 cm³/mol. The number of aliphatic hydroxyl groups excluding tert-OH is 1. The SMILES string of the molecule is Cc1ncsc1-c1ccc([C@H](C)NC(=O)[C@@H]2C[C@@H](O)CN2C(=O)[C@@H](NC(=O)CCCNC(=O)CO[C@H]2C[C@@H](C(=O)N3CCC[C@H](c4ccccc4)C3)N(C(=O)[C@@H](NC(=O)c3cc4cc(C(F)(F)P(=O)(O)O)ccc4s3)C(C)(C)C)C2)C(C)(C)C)cc1. The van der Waals surface area contributed by atoms with Gasteiger partial charge >= 0.3 is 13.3 Å². The molecule has 3 aliphatic heterocycles. The lowest BCUT2D eigenvalue weighted by Gasteiger charge is -2.38. The van der Waals surface area contributed by atoms with Gasteiger partial charge in [0.25, 0.3) is 5.91 Å². The molecule has 3 fully saturated rings. The number of ether oxygens (including phenoxy) is 1. The fourth-order valence-corrected chi connectivity index (χ4v) is 13.5. The van der Waals surface area contributed by atoms with E-state index in [1.807, 2.05) is 68.4 Å². The van der Waals surface area contributed by atoms with Crippen LogP contribution in [0.4, 0.5) is 8.78 Å². The number of carbonyl (C=O) groups excluding carboxylic acids is 7. The Bertz CT molecular complexity index is 3350. The molecule has 0 aliphatic carbocycles. The summed E-state index contributed by atoms with van der Waals surface area (Å²) in [6.45, 7) is 14.6. The number of nitrogens with zero attached hydrogens (tertiary/aromatic N) is 4. The van der Waals surface area contributed by atoms with Gasteiger partial charge in [-0.2, -0.15) is 8.78 Å². The number of rotatable bonds is 20. The third-order valence-electron chi connectivity index (χ3n) is 16.1. The number of likely N-dealkylation sites (tertiary alicyclic amines) is 3. The van der Waals surface area contributed by atoms with Crippen LogP contribution in [0.5, 0.6) is 0 Å². The number of hydrogen-bond acceptors (Lipinski definition) is 13. The summed E-state index contributed by atoms with van der Waals surface area (Å²) in [6, 6.07) is 17.2. The first-order chi connectivity index (χ1) is 40.4. The standard InChI is InChI=1S/C61H77F2N8O12PS2/c1-35(37-18-20-39(21-19-37)51-36(2)65-34-85-51)66-54(75)45-28-43(72)31-70(45)57(78)52(59(3,4)5)67-49(73)17-12-24-64-50(74)33-83-44-29-46(56(77)69-25-13-16-40(30-69)38-14-10-9-11-15-38)71(32-44)58(79)53(60(6,7)8)68-55(76)48-27-41-26-42(22-23-47(41)86-48)61(62,63)84(80,81)82/h9-11,14-15,18-23,26-27,34-35,40,43-46,52-53,72H,12-13,16-17,24-25,28-33H2,1-8H3,(H,64,74)(H,66,75)(H,67,73)(H,68,76)(H2,80,81,82)/t35-,40-,43+,44-,45-,46-,52+,53+/m0/s1. The molecule has 0 saturated carbocycles. The number of β-amino-alcohol motifs (C(OH)–C–C–N with tert-alkyl or cyclic N) is 1. The molecule has 3 aromatic carbocycles. The van der Waals surface area contributed by atoms with Crippen molar-refractivity contribution in [1.82, 2.24) is 41.0 Å². The number of halogens is 2. The molecule has 0 spiro atoms. The van der Waals surface area contributed by atoms with E-state index in [9.17, 15) is 61.8 Å². The van der Waals surface area contributed by atoms with Crippen molar-refractivity contribution in [1.29, 1.82) is 0 Å². The summed E-state index contributed by atoms with van der Waals surface area (Å²) < 4.78 is 47.4. The Hall–Kier alpha value is -6.53. The van der Waals surface area contributed by atoms with Gasteiger partial charge < -0.3 is 55.6 Å². The molecular weight excluding hydrogens is 1170 g/mol.